The van der Waals surface area contributed by atoms with Crippen LogP contribution in [0.2, 0.25) is 0 Å². The molecule has 4 heterocycles. The number of likely N-dealkylation sites (N-methyl/N-ethyl adjacent to an activating group) is 1. The van der Waals surface area contributed by atoms with Crippen LogP contribution in [0.4, 0.5) is 11.8 Å². The van der Waals surface area contributed by atoms with E-state index in [1.807, 2.05) is 0 Å². The average molecular weight is 365 g/mol. The van der Waals surface area contributed by atoms with Gasteiger partial charge in [-0.2, -0.15) is 9.97 Å². The molecule has 4 rings (SSSR count). The Balaban J connectivity index is 1.73. The molecule has 0 spiro atoms. The molecule has 142 valence electrons. The molecule has 2 aliphatic rings. The van der Waals surface area contributed by atoms with E-state index in [1.165, 1.54) is 10.9 Å². The van der Waals surface area contributed by atoms with Crippen LogP contribution in [0.15, 0.2) is 6.33 Å². The summed E-state index contributed by atoms with van der Waals surface area (Å²) in [6.07, 6.45) is -2.71. The zero-order valence-corrected chi connectivity index (χ0v) is 14.4. The number of nitrogens with zero attached hydrogens (tertiary/aromatic N) is 6. The van der Waals surface area contributed by atoms with E-state index in [0.717, 1.165) is 26.2 Å². The van der Waals surface area contributed by atoms with Crippen molar-refractivity contribution in [2.24, 2.45) is 0 Å². The Bertz CT molecular complexity index is 792. The van der Waals surface area contributed by atoms with Gasteiger partial charge in [-0.25, -0.2) is 4.98 Å². The van der Waals surface area contributed by atoms with Crippen LogP contribution in [0, 0.1) is 0 Å². The number of aliphatic hydroxyl groups excluding tert-OH is 3. The molecule has 2 aliphatic heterocycles. The van der Waals surface area contributed by atoms with Gasteiger partial charge in [-0.1, -0.05) is 0 Å². The van der Waals surface area contributed by atoms with Crippen LogP contribution in [0.25, 0.3) is 11.2 Å². The predicted molar refractivity (Wildman–Crippen MR) is 92.5 cm³/mol. The van der Waals surface area contributed by atoms with Crippen LogP contribution in [0.3, 0.4) is 0 Å². The van der Waals surface area contributed by atoms with E-state index in [0.29, 0.717) is 17.0 Å². The van der Waals surface area contributed by atoms with Gasteiger partial charge < -0.3 is 35.6 Å². The quantitative estimate of drug-likeness (QED) is 0.471. The van der Waals surface area contributed by atoms with Gasteiger partial charge in [0.15, 0.2) is 23.2 Å². The number of anilines is 2. The van der Waals surface area contributed by atoms with Crippen LogP contribution in [-0.2, 0) is 4.74 Å². The van der Waals surface area contributed by atoms with Gasteiger partial charge in [0.25, 0.3) is 0 Å². The van der Waals surface area contributed by atoms with Crippen molar-refractivity contribution in [3.05, 3.63) is 6.33 Å². The first-order valence-corrected chi connectivity index (χ1v) is 8.55. The largest absolute Gasteiger partial charge is 0.394 e. The van der Waals surface area contributed by atoms with Crippen molar-refractivity contribution in [1.29, 1.82) is 0 Å². The Morgan fingerprint density at radius 1 is 1.19 bits per heavy atom. The van der Waals surface area contributed by atoms with E-state index in [-0.39, 0.29) is 5.95 Å². The van der Waals surface area contributed by atoms with Crippen molar-refractivity contribution in [1.82, 2.24) is 24.4 Å². The van der Waals surface area contributed by atoms with Gasteiger partial charge in [-0.05, 0) is 7.05 Å². The molecule has 0 bridgehead atoms. The van der Waals surface area contributed by atoms with Crippen LogP contribution in [-0.4, -0.2) is 97.9 Å². The fourth-order valence-electron chi connectivity index (χ4n) is 3.45. The molecule has 26 heavy (non-hydrogen) atoms. The lowest BCUT2D eigenvalue weighted by molar-refractivity contribution is -0.0511. The molecule has 4 atom stereocenters. The van der Waals surface area contributed by atoms with Crippen LogP contribution < -0.4 is 10.6 Å². The van der Waals surface area contributed by atoms with Crippen molar-refractivity contribution >= 4 is 22.9 Å². The fraction of sp³-hybridized carbons (Fsp3) is 0.667. The molecular weight excluding hydrogens is 342 g/mol. The smallest absolute Gasteiger partial charge is 0.224 e. The fourth-order valence-corrected chi connectivity index (χ4v) is 3.45. The highest BCUT2D eigenvalue weighted by atomic mass is 16.6. The van der Waals surface area contributed by atoms with Crippen LogP contribution in [0.5, 0.6) is 0 Å². The number of hydrogen-bond donors (Lipinski definition) is 4. The minimum absolute atomic E-state index is 0.0971. The summed E-state index contributed by atoms with van der Waals surface area (Å²) >= 11 is 0. The van der Waals surface area contributed by atoms with Crippen LogP contribution >= 0.6 is 0 Å². The number of hydrogen-bond acceptors (Lipinski definition) is 10. The van der Waals surface area contributed by atoms with E-state index < -0.39 is 31.1 Å². The highest BCUT2D eigenvalue weighted by Crippen LogP contribution is 2.33. The van der Waals surface area contributed by atoms with Crippen molar-refractivity contribution < 1.29 is 20.1 Å². The minimum atomic E-state index is -1.21. The van der Waals surface area contributed by atoms with Gasteiger partial charge in [0.2, 0.25) is 5.95 Å². The van der Waals surface area contributed by atoms with E-state index in [2.05, 4.69) is 31.8 Å². The minimum Gasteiger partial charge on any atom is -0.394 e. The molecule has 2 aromatic rings. The molecular formula is C15H23N7O4. The van der Waals surface area contributed by atoms with Crippen LogP contribution in [0.1, 0.15) is 6.23 Å². The van der Waals surface area contributed by atoms with E-state index in [1.54, 1.807) is 0 Å². The first kappa shape index (κ1) is 17.4. The van der Waals surface area contributed by atoms with Gasteiger partial charge in [0, 0.05) is 26.2 Å². The molecule has 0 amide bonds. The zero-order valence-electron chi connectivity index (χ0n) is 14.4. The Hall–Kier alpha value is -2.05. The molecule has 0 radical (unpaired) electrons. The number of imidazole rings is 1. The van der Waals surface area contributed by atoms with Gasteiger partial charge in [-0.3, -0.25) is 4.57 Å². The number of aromatic nitrogens is 4. The van der Waals surface area contributed by atoms with Crippen molar-refractivity contribution in [2.75, 3.05) is 50.5 Å². The maximum atomic E-state index is 10.3. The molecule has 2 saturated heterocycles. The zero-order chi connectivity index (χ0) is 18.4. The second-order valence-electron chi connectivity index (χ2n) is 6.75. The van der Waals surface area contributed by atoms with Gasteiger partial charge in [0.1, 0.15) is 18.3 Å². The third-order valence-corrected chi connectivity index (χ3v) is 5.01. The summed E-state index contributed by atoms with van der Waals surface area (Å²) in [5.41, 5.74) is 6.88. The molecule has 11 nitrogen and oxygen atoms in total. The lowest BCUT2D eigenvalue weighted by Gasteiger charge is -2.33. The van der Waals surface area contributed by atoms with Crippen molar-refractivity contribution in [3.63, 3.8) is 0 Å². The summed E-state index contributed by atoms with van der Waals surface area (Å²) in [5, 5.41) is 29.6. The number of nitrogens with two attached hydrogens (primary N) is 1. The van der Waals surface area contributed by atoms with E-state index in [4.69, 9.17) is 10.5 Å². The van der Waals surface area contributed by atoms with Gasteiger partial charge >= 0.3 is 0 Å². The van der Waals surface area contributed by atoms with Crippen molar-refractivity contribution in [3.8, 4) is 0 Å². The number of piperazine rings is 1. The maximum Gasteiger partial charge on any atom is 0.224 e. The first-order valence-electron chi connectivity index (χ1n) is 8.55. The summed E-state index contributed by atoms with van der Waals surface area (Å²) in [7, 11) is 2.07. The Labute approximate surface area is 149 Å². The molecule has 2 fully saturated rings. The topological polar surface area (TPSA) is 146 Å². The second-order valence-corrected chi connectivity index (χ2v) is 6.75. The predicted octanol–water partition coefficient (Wildman–Crippen LogP) is -2.23. The number of fused-ring (bicyclic) bond motifs is 1. The first-order chi connectivity index (χ1) is 12.5. The number of rotatable bonds is 3. The second kappa shape index (κ2) is 6.59. The number of ether oxygens (including phenoxy) is 1. The van der Waals surface area contributed by atoms with Crippen molar-refractivity contribution in [2.45, 2.75) is 24.5 Å². The van der Waals surface area contributed by atoms with E-state index in [9.17, 15) is 15.3 Å². The number of aliphatic hydroxyl groups is 3. The third kappa shape index (κ3) is 2.77. The SMILES string of the molecule is CN1CCN(c2nc(N)nc3c2ncn3[C@@H]2O[C@H](CO)[C@@H](O)[C@H]2O)CC1. The highest BCUT2D eigenvalue weighted by molar-refractivity contribution is 5.85. The Morgan fingerprint density at radius 2 is 1.92 bits per heavy atom. The Morgan fingerprint density at radius 3 is 2.58 bits per heavy atom. The molecule has 2 aromatic heterocycles. The normalized spacial score (nSPS) is 30.4. The summed E-state index contributed by atoms with van der Waals surface area (Å²) < 4.78 is 7.10. The molecule has 11 heteroatoms. The summed E-state index contributed by atoms with van der Waals surface area (Å²) in [6, 6.07) is 0. The molecule has 0 saturated carbocycles. The Kier molecular flexibility index (Phi) is 4.40. The summed E-state index contributed by atoms with van der Waals surface area (Å²) in [5.74, 6) is 0.742. The average Bonchev–Trinajstić information content (AvgIpc) is 3.16. The third-order valence-electron chi connectivity index (χ3n) is 5.01. The monoisotopic (exact) mass is 365 g/mol. The lowest BCUT2D eigenvalue weighted by atomic mass is 10.1. The summed E-state index contributed by atoms with van der Waals surface area (Å²) in [4.78, 5) is 17.4. The number of nitrogen functional groups attached to an aromatic ring is 1. The highest BCUT2D eigenvalue weighted by Gasteiger charge is 2.44. The van der Waals surface area contributed by atoms with Gasteiger partial charge in [-0.15, -0.1) is 0 Å². The molecule has 0 aliphatic carbocycles. The standard InChI is InChI=1S/C15H23N7O4/c1-20-2-4-21(5-3-20)12-9-13(19-15(16)18-12)22(7-17-9)14-11(25)10(24)8(6-23)26-14/h7-8,10-11,14,23-25H,2-6H2,1H3,(H2,16,18,19)/t8-,10-,11-,14-/m1/s1. The molecule has 5 N–H and O–H groups in total. The van der Waals surface area contributed by atoms with Gasteiger partial charge in [0.05, 0.1) is 12.9 Å². The summed E-state index contributed by atoms with van der Waals surface area (Å²) in [6.45, 7) is 3.00. The lowest BCUT2D eigenvalue weighted by Crippen LogP contribution is -2.45. The maximum absolute atomic E-state index is 10.3. The molecule has 0 unspecified atom stereocenters. The van der Waals surface area contributed by atoms with E-state index >= 15 is 0 Å². The molecule has 0 aromatic carbocycles.